The van der Waals surface area contributed by atoms with Crippen molar-refractivity contribution in [3.8, 4) is 0 Å². The van der Waals surface area contributed by atoms with Crippen molar-refractivity contribution < 1.29 is 10.0 Å². The molecule has 0 saturated heterocycles. The molecule has 7 nitrogen and oxygen atoms in total. The molecule has 1 amide bonds. The second-order valence-corrected chi connectivity index (χ2v) is 4.14. The van der Waals surface area contributed by atoms with Crippen LogP contribution < -0.4 is 16.1 Å². The summed E-state index contributed by atoms with van der Waals surface area (Å²) in [5.41, 5.74) is -0.633. The molecule has 0 bridgehead atoms. The van der Waals surface area contributed by atoms with Crippen LogP contribution in [-0.2, 0) is 6.54 Å². The van der Waals surface area contributed by atoms with Gasteiger partial charge in [0.1, 0.15) is 5.69 Å². The van der Waals surface area contributed by atoms with Crippen molar-refractivity contribution in [1.29, 1.82) is 0 Å². The molecule has 1 aromatic heterocycles. The molecule has 1 aliphatic heterocycles. The van der Waals surface area contributed by atoms with E-state index in [4.69, 9.17) is 0 Å². The molecule has 3 rings (SSSR count). The Morgan fingerprint density at radius 1 is 1.16 bits per heavy atom. The zero-order valence-electron chi connectivity index (χ0n) is 9.66. The van der Waals surface area contributed by atoms with Crippen LogP contribution in [-0.4, -0.2) is 20.8 Å². The third-order valence-corrected chi connectivity index (χ3v) is 3.05. The van der Waals surface area contributed by atoms with Crippen LogP contribution in [0.2, 0.25) is 0 Å². The second-order valence-electron chi connectivity index (χ2n) is 4.14. The highest BCUT2D eigenvalue weighted by molar-refractivity contribution is 6.09. The Morgan fingerprint density at radius 2 is 1.89 bits per heavy atom. The van der Waals surface area contributed by atoms with Gasteiger partial charge in [-0.1, -0.05) is 22.9 Å². The normalized spacial score (nSPS) is 13.7. The molecule has 0 atom stereocenters. The Labute approximate surface area is 106 Å². The summed E-state index contributed by atoms with van der Waals surface area (Å²) in [5.74, 6) is -0.334. The number of amides is 1. The number of benzene rings is 1. The Bertz CT molecular complexity index is 790. The van der Waals surface area contributed by atoms with Crippen molar-refractivity contribution in [1.82, 2.24) is 9.71 Å². The summed E-state index contributed by atoms with van der Waals surface area (Å²) in [6.07, 6.45) is 1.13. The third kappa shape index (κ3) is 1.55. The maximum atomic E-state index is 12.1. The number of hydrogen-bond donors (Lipinski definition) is 2. The van der Waals surface area contributed by atoms with Crippen molar-refractivity contribution in [2.75, 3.05) is 4.90 Å². The van der Waals surface area contributed by atoms with Gasteiger partial charge in [-0.3, -0.25) is 14.5 Å². The summed E-state index contributed by atoms with van der Waals surface area (Å²) in [6, 6.07) is 6.99. The summed E-state index contributed by atoms with van der Waals surface area (Å²) >= 11 is 0. The lowest BCUT2D eigenvalue weighted by Gasteiger charge is -2.14. The molecule has 0 fully saturated rings. The van der Waals surface area contributed by atoms with E-state index >= 15 is 0 Å². The van der Waals surface area contributed by atoms with Gasteiger partial charge in [0.05, 0.1) is 6.54 Å². The first-order chi connectivity index (χ1) is 9.09. The van der Waals surface area contributed by atoms with E-state index in [0.29, 0.717) is 5.56 Å². The van der Waals surface area contributed by atoms with Gasteiger partial charge >= 0.3 is 11.2 Å². The van der Waals surface area contributed by atoms with E-state index in [1.54, 1.807) is 24.3 Å². The average Bonchev–Trinajstić information content (AvgIpc) is 2.74. The summed E-state index contributed by atoms with van der Waals surface area (Å²) in [5, 5.41) is 9.27. The number of hydrogen-bond acceptors (Lipinski definition) is 4. The first-order valence-electron chi connectivity index (χ1n) is 5.53. The number of nitrogens with one attached hydrogen (secondary N) is 1. The molecule has 2 N–H and O–H groups in total. The average molecular weight is 259 g/mol. The van der Waals surface area contributed by atoms with Crippen LogP contribution in [0.5, 0.6) is 0 Å². The lowest BCUT2D eigenvalue weighted by molar-refractivity contribution is 0.0995. The molecule has 7 heteroatoms. The largest absolute Gasteiger partial charge is 0.421 e. The lowest BCUT2D eigenvalue weighted by Crippen LogP contribution is -2.38. The van der Waals surface area contributed by atoms with Gasteiger partial charge in [0.25, 0.3) is 5.91 Å². The molecule has 96 valence electrons. The highest BCUT2D eigenvalue weighted by atomic mass is 16.5. The minimum atomic E-state index is -0.946. The van der Waals surface area contributed by atoms with Crippen molar-refractivity contribution in [2.45, 2.75) is 6.54 Å². The van der Waals surface area contributed by atoms with E-state index in [9.17, 15) is 19.6 Å². The number of carbonyl (C=O) groups excluding carboxylic acids is 1. The second kappa shape index (κ2) is 3.84. The quantitative estimate of drug-likeness (QED) is 0.701. The monoisotopic (exact) mass is 259 g/mol. The Morgan fingerprint density at radius 3 is 2.63 bits per heavy atom. The molecule has 0 unspecified atom stereocenters. The summed E-state index contributed by atoms with van der Waals surface area (Å²) < 4.78 is -0.0500. The number of nitrogens with zero attached hydrogens (tertiary/aromatic N) is 2. The molecular formula is C12H9N3O4. The zero-order valence-corrected chi connectivity index (χ0v) is 9.66. The SMILES string of the molecule is O=C1c2ccccc2CN1c1c[nH]c(=O)n(O)c1=O. The zero-order chi connectivity index (χ0) is 13.6. The van der Waals surface area contributed by atoms with Crippen molar-refractivity contribution >= 4 is 11.6 Å². The highest BCUT2D eigenvalue weighted by Crippen LogP contribution is 2.25. The van der Waals surface area contributed by atoms with Crippen molar-refractivity contribution in [3.63, 3.8) is 0 Å². The molecule has 19 heavy (non-hydrogen) atoms. The predicted molar refractivity (Wildman–Crippen MR) is 65.5 cm³/mol. The van der Waals surface area contributed by atoms with Gasteiger partial charge in [0, 0.05) is 11.8 Å². The Kier molecular flexibility index (Phi) is 2.28. The van der Waals surface area contributed by atoms with Crippen LogP contribution in [0.25, 0.3) is 0 Å². The van der Waals surface area contributed by atoms with E-state index in [-0.39, 0.29) is 22.9 Å². The topological polar surface area (TPSA) is 95.4 Å². The Hall–Kier alpha value is -2.83. The van der Waals surface area contributed by atoms with E-state index in [1.807, 2.05) is 0 Å². The van der Waals surface area contributed by atoms with Gasteiger partial charge in [0.15, 0.2) is 0 Å². The van der Waals surface area contributed by atoms with Crippen LogP contribution in [0.4, 0.5) is 5.69 Å². The van der Waals surface area contributed by atoms with E-state index in [1.165, 1.54) is 4.90 Å². The summed E-state index contributed by atoms with van der Waals surface area (Å²) in [7, 11) is 0. The highest BCUT2D eigenvalue weighted by Gasteiger charge is 2.30. The molecule has 0 aliphatic carbocycles. The van der Waals surface area contributed by atoms with Gasteiger partial charge in [-0.2, -0.15) is 0 Å². The molecular weight excluding hydrogens is 250 g/mol. The molecule has 2 heterocycles. The van der Waals surface area contributed by atoms with Gasteiger partial charge in [-0.25, -0.2) is 4.79 Å². The van der Waals surface area contributed by atoms with Gasteiger partial charge in [-0.15, -0.1) is 0 Å². The van der Waals surface area contributed by atoms with Gasteiger partial charge in [0.2, 0.25) is 0 Å². The molecule has 1 aliphatic rings. The molecule has 1 aromatic carbocycles. The number of anilines is 1. The van der Waals surface area contributed by atoms with Gasteiger partial charge in [-0.05, 0) is 11.6 Å². The van der Waals surface area contributed by atoms with Crippen LogP contribution in [0.3, 0.4) is 0 Å². The number of H-pyrrole nitrogens is 1. The van der Waals surface area contributed by atoms with E-state index in [0.717, 1.165) is 11.8 Å². The molecule has 0 radical (unpaired) electrons. The minimum absolute atomic E-state index is 0.0500. The number of aromatic nitrogens is 2. The van der Waals surface area contributed by atoms with E-state index in [2.05, 4.69) is 4.98 Å². The summed E-state index contributed by atoms with van der Waals surface area (Å²) in [4.78, 5) is 38.4. The fraction of sp³-hybridized carbons (Fsp3) is 0.0833. The van der Waals surface area contributed by atoms with Crippen LogP contribution in [0.15, 0.2) is 40.1 Å². The van der Waals surface area contributed by atoms with Gasteiger partial charge < -0.3 is 10.2 Å². The van der Waals surface area contributed by atoms with Crippen molar-refractivity contribution in [3.05, 3.63) is 62.4 Å². The molecule has 0 saturated carbocycles. The van der Waals surface area contributed by atoms with Crippen LogP contribution in [0, 0.1) is 0 Å². The maximum Gasteiger partial charge on any atom is 0.361 e. The first kappa shape index (κ1) is 11.3. The van der Waals surface area contributed by atoms with Crippen LogP contribution >= 0.6 is 0 Å². The lowest BCUT2D eigenvalue weighted by atomic mass is 10.1. The Balaban J connectivity index is 2.13. The number of aromatic amines is 1. The molecule has 0 spiro atoms. The third-order valence-electron chi connectivity index (χ3n) is 3.05. The number of carbonyl (C=O) groups is 1. The number of fused-ring (bicyclic) bond motifs is 1. The van der Waals surface area contributed by atoms with Crippen LogP contribution in [0.1, 0.15) is 15.9 Å². The summed E-state index contributed by atoms with van der Waals surface area (Å²) in [6.45, 7) is 0.232. The van der Waals surface area contributed by atoms with Crippen molar-refractivity contribution in [2.24, 2.45) is 0 Å². The minimum Gasteiger partial charge on any atom is -0.421 e. The maximum absolute atomic E-state index is 12.1. The fourth-order valence-electron chi connectivity index (χ4n) is 2.10. The predicted octanol–water partition coefficient (Wildman–Crippen LogP) is -0.0657. The molecule has 2 aromatic rings. The smallest absolute Gasteiger partial charge is 0.361 e. The first-order valence-corrected chi connectivity index (χ1v) is 5.53. The number of rotatable bonds is 1. The van der Waals surface area contributed by atoms with E-state index < -0.39 is 11.2 Å². The fourth-order valence-corrected chi connectivity index (χ4v) is 2.10. The standard InChI is InChI=1S/C12H9N3O4/c16-10-8-4-2-1-3-7(8)6-14(10)9-5-13-12(18)15(19)11(9)17/h1-5,19H,6H2,(H,13,18).